The maximum absolute atomic E-state index is 13.1. The van der Waals surface area contributed by atoms with Crippen LogP contribution in [-0.4, -0.2) is 42.5 Å². The second-order valence-corrected chi connectivity index (χ2v) is 7.85. The van der Waals surface area contributed by atoms with Crippen molar-refractivity contribution in [3.05, 3.63) is 59.2 Å². The highest BCUT2D eigenvalue weighted by Crippen LogP contribution is 2.21. The van der Waals surface area contributed by atoms with Crippen molar-refractivity contribution in [3.63, 3.8) is 0 Å². The van der Waals surface area contributed by atoms with E-state index in [4.69, 9.17) is 9.47 Å². The zero-order valence-electron chi connectivity index (χ0n) is 19.4. The fourth-order valence-electron chi connectivity index (χ4n) is 3.08. The van der Waals surface area contributed by atoms with Gasteiger partial charge in [0, 0.05) is 12.6 Å². The van der Waals surface area contributed by atoms with E-state index >= 15 is 0 Å². The first-order valence-electron chi connectivity index (χ1n) is 10.7. The molecule has 6 nitrogen and oxygen atoms in total. The van der Waals surface area contributed by atoms with Crippen LogP contribution in [0.3, 0.4) is 0 Å². The first-order chi connectivity index (χ1) is 14.8. The molecule has 2 aromatic carbocycles. The van der Waals surface area contributed by atoms with E-state index in [2.05, 4.69) is 5.32 Å². The van der Waals surface area contributed by atoms with Crippen molar-refractivity contribution in [2.75, 3.05) is 13.7 Å². The Morgan fingerprint density at radius 1 is 1.06 bits per heavy atom. The molecule has 0 unspecified atom stereocenters. The normalized spacial score (nSPS) is 12.6. The Hall–Kier alpha value is -3.02. The second kappa shape index (κ2) is 11.4. The predicted molar refractivity (Wildman–Crippen MR) is 122 cm³/mol. The monoisotopic (exact) mass is 426 g/mol. The minimum absolute atomic E-state index is 0.0408. The van der Waals surface area contributed by atoms with Crippen LogP contribution in [0.2, 0.25) is 0 Å². The lowest BCUT2D eigenvalue weighted by atomic mass is 10.1. The van der Waals surface area contributed by atoms with Gasteiger partial charge in [0.05, 0.1) is 7.11 Å². The summed E-state index contributed by atoms with van der Waals surface area (Å²) in [6, 6.07) is 12.6. The van der Waals surface area contributed by atoms with Crippen LogP contribution in [-0.2, 0) is 16.1 Å². The summed E-state index contributed by atoms with van der Waals surface area (Å²) >= 11 is 0. The molecule has 0 spiro atoms. The SMILES string of the molecule is CC[C@@H](C)NC(=O)[C@H](C)N(Cc1ccc(OC)cc1)C(=O)COc1cccc(C)c1C. The topological polar surface area (TPSA) is 67.9 Å². The molecule has 0 saturated carbocycles. The molecule has 0 heterocycles. The van der Waals surface area contributed by atoms with E-state index < -0.39 is 6.04 Å². The molecule has 0 aliphatic carbocycles. The van der Waals surface area contributed by atoms with Gasteiger partial charge in [-0.2, -0.15) is 0 Å². The van der Waals surface area contributed by atoms with Crippen LogP contribution in [0.15, 0.2) is 42.5 Å². The largest absolute Gasteiger partial charge is 0.497 e. The molecule has 2 rings (SSSR count). The molecule has 0 aliphatic rings. The number of aryl methyl sites for hydroxylation is 1. The van der Waals surface area contributed by atoms with E-state index in [1.807, 2.05) is 70.2 Å². The minimum atomic E-state index is -0.634. The highest BCUT2D eigenvalue weighted by atomic mass is 16.5. The van der Waals surface area contributed by atoms with E-state index in [-0.39, 0.29) is 24.5 Å². The molecular weight excluding hydrogens is 392 g/mol. The van der Waals surface area contributed by atoms with Crippen molar-refractivity contribution in [2.45, 2.75) is 59.7 Å². The number of ether oxygens (including phenoxy) is 2. The molecule has 0 fully saturated rings. The summed E-state index contributed by atoms with van der Waals surface area (Å²) in [7, 11) is 1.61. The summed E-state index contributed by atoms with van der Waals surface area (Å²) < 4.78 is 11.0. The zero-order chi connectivity index (χ0) is 23.0. The molecule has 168 valence electrons. The smallest absolute Gasteiger partial charge is 0.261 e. The second-order valence-electron chi connectivity index (χ2n) is 7.85. The number of benzene rings is 2. The van der Waals surface area contributed by atoms with Crippen LogP contribution >= 0.6 is 0 Å². The van der Waals surface area contributed by atoms with Gasteiger partial charge in [-0.25, -0.2) is 0 Å². The molecule has 0 saturated heterocycles. The number of amides is 2. The van der Waals surface area contributed by atoms with Gasteiger partial charge in [-0.3, -0.25) is 9.59 Å². The van der Waals surface area contributed by atoms with Gasteiger partial charge in [-0.05, 0) is 69.0 Å². The number of carbonyl (C=O) groups is 2. The van der Waals surface area contributed by atoms with E-state index in [1.54, 1.807) is 18.9 Å². The Bertz CT molecular complexity index is 880. The van der Waals surface area contributed by atoms with Crippen LogP contribution < -0.4 is 14.8 Å². The Morgan fingerprint density at radius 3 is 2.35 bits per heavy atom. The van der Waals surface area contributed by atoms with Crippen molar-refractivity contribution >= 4 is 11.8 Å². The van der Waals surface area contributed by atoms with Crippen LogP contribution in [0, 0.1) is 13.8 Å². The van der Waals surface area contributed by atoms with E-state index in [1.165, 1.54) is 0 Å². The number of rotatable bonds is 10. The van der Waals surface area contributed by atoms with Gasteiger partial charge in [-0.15, -0.1) is 0 Å². The highest BCUT2D eigenvalue weighted by Gasteiger charge is 2.27. The summed E-state index contributed by atoms with van der Waals surface area (Å²) in [5.41, 5.74) is 3.00. The number of hydrogen-bond acceptors (Lipinski definition) is 4. The lowest BCUT2D eigenvalue weighted by Gasteiger charge is -2.29. The third kappa shape index (κ3) is 6.74. The van der Waals surface area contributed by atoms with Crippen molar-refractivity contribution in [3.8, 4) is 11.5 Å². The third-order valence-corrected chi connectivity index (χ3v) is 5.59. The van der Waals surface area contributed by atoms with Gasteiger partial charge in [-0.1, -0.05) is 31.2 Å². The fraction of sp³-hybridized carbons (Fsp3) is 0.440. The van der Waals surface area contributed by atoms with E-state index in [0.717, 1.165) is 28.9 Å². The first-order valence-corrected chi connectivity index (χ1v) is 10.7. The molecular formula is C25H34N2O4. The Morgan fingerprint density at radius 2 is 1.74 bits per heavy atom. The van der Waals surface area contributed by atoms with Crippen molar-refractivity contribution < 1.29 is 19.1 Å². The van der Waals surface area contributed by atoms with E-state index in [0.29, 0.717) is 12.3 Å². The highest BCUT2D eigenvalue weighted by molar-refractivity contribution is 5.88. The minimum Gasteiger partial charge on any atom is -0.497 e. The Balaban J connectivity index is 2.18. The summed E-state index contributed by atoms with van der Waals surface area (Å²) in [5, 5.41) is 2.97. The van der Waals surface area contributed by atoms with Crippen molar-refractivity contribution in [1.29, 1.82) is 0 Å². The van der Waals surface area contributed by atoms with Crippen LogP contribution in [0.5, 0.6) is 11.5 Å². The summed E-state index contributed by atoms with van der Waals surface area (Å²) in [6.07, 6.45) is 0.820. The van der Waals surface area contributed by atoms with Gasteiger partial charge in [0.25, 0.3) is 5.91 Å². The average Bonchev–Trinajstić information content (AvgIpc) is 2.77. The molecule has 0 radical (unpaired) electrons. The number of carbonyl (C=O) groups excluding carboxylic acids is 2. The molecule has 6 heteroatoms. The van der Waals surface area contributed by atoms with Crippen molar-refractivity contribution in [1.82, 2.24) is 10.2 Å². The number of nitrogens with one attached hydrogen (secondary N) is 1. The lowest BCUT2D eigenvalue weighted by Crippen LogP contribution is -2.50. The fourth-order valence-corrected chi connectivity index (χ4v) is 3.08. The van der Waals surface area contributed by atoms with Crippen LogP contribution in [0.4, 0.5) is 0 Å². The molecule has 2 atom stereocenters. The molecule has 0 aromatic heterocycles. The standard InChI is InChI=1S/C25H34N2O4/c1-7-18(3)26-25(29)20(5)27(15-21-11-13-22(30-6)14-12-21)24(28)16-31-23-10-8-9-17(2)19(23)4/h8-14,18,20H,7,15-16H2,1-6H3,(H,26,29)/t18-,20+/m1/s1. The van der Waals surface area contributed by atoms with Gasteiger partial charge in [0.15, 0.2) is 6.61 Å². The Labute approximate surface area is 185 Å². The number of hydrogen-bond donors (Lipinski definition) is 1. The molecule has 2 amide bonds. The molecule has 0 aliphatic heterocycles. The third-order valence-electron chi connectivity index (χ3n) is 5.59. The number of methoxy groups -OCH3 is 1. The molecule has 1 N–H and O–H groups in total. The maximum atomic E-state index is 13.1. The molecule has 0 bridgehead atoms. The lowest BCUT2D eigenvalue weighted by molar-refractivity contribution is -0.142. The predicted octanol–water partition coefficient (Wildman–Crippen LogP) is 4.02. The van der Waals surface area contributed by atoms with E-state index in [9.17, 15) is 9.59 Å². The van der Waals surface area contributed by atoms with Crippen LogP contribution in [0.1, 0.15) is 43.9 Å². The molecule has 2 aromatic rings. The van der Waals surface area contributed by atoms with Gasteiger partial charge in [0.2, 0.25) is 5.91 Å². The summed E-state index contributed by atoms with van der Waals surface area (Å²) in [6.45, 7) is 9.83. The van der Waals surface area contributed by atoms with Gasteiger partial charge in [0.1, 0.15) is 17.5 Å². The zero-order valence-corrected chi connectivity index (χ0v) is 19.4. The maximum Gasteiger partial charge on any atom is 0.261 e. The summed E-state index contributed by atoms with van der Waals surface area (Å²) in [5.74, 6) is 0.989. The summed E-state index contributed by atoms with van der Waals surface area (Å²) in [4.78, 5) is 27.5. The van der Waals surface area contributed by atoms with Crippen LogP contribution in [0.25, 0.3) is 0 Å². The molecule has 31 heavy (non-hydrogen) atoms. The van der Waals surface area contributed by atoms with Gasteiger partial charge >= 0.3 is 0 Å². The number of nitrogens with zero attached hydrogens (tertiary/aromatic N) is 1. The Kier molecular flexibility index (Phi) is 8.91. The average molecular weight is 427 g/mol. The van der Waals surface area contributed by atoms with Crippen molar-refractivity contribution in [2.24, 2.45) is 0 Å². The van der Waals surface area contributed by atoms with Gasteiger partial charge < -0.3 is 19.7 Å². The quantitative estimate of drug-likeness (QED) is 0.623. The first kappa shape index (κ1) is 24.3.